The van der Waals surface area contributed by atoms with E-state index in [2.05, 4.69) is 21.9 Å². The number of nitrogens with zero attached hydrogens (tertiary/aromatic N) is 5. The standard InChI is InChI=1S/C15H19ClN5OS/c1-19-4-6-20(7-5-19)21(22)10-2-3-11-12(8-10)23-15-13(11)14(16)17-9-18-15/h9-10H,2-8H2,1H3/q+1. The third-order valence-corrected chi connectivity index (χ3v) is 6.29. The maximum atomic E-state index is 12.7. The second-order valence-corrected chi connectivity index (χ2v) is 7.75. The van der Waals surface area contributed by atoms with Crippen molar-refractivity contribution in [1.82, 2.24) is 19.9 Å². The number of piperazine rings is 1. The van der Waals surface area contributed by atoms with Crippen LogP contribution in [0.5, 0.6) is 0 Å². The third kappa shape index (κ3) is 2.70. The zero-order chi connectivity index (χ0) is 16.0. The number of fused-ring (bicyclic) bond motifs is 3. The van der Waals surface area contributed by atoms with Crippen LogP contribution in [0.3, 0.4) is 0 Å². The Morgan fingerprint density at radius 3 is 2.87 bits per heavy atom. The van der Waals surface area contributed by atoms with Gasteiger partial charge >= 0.3 is 0 Å². The van der Waals surface area contributed by atoms with Crippen LogP contribution < -0.4 is 0 Å². The Balaban J connectivity index is 1.56. The molecule has 4 rings (SSSR count). The molecular weight excluding hydrogens is 334 g/mol. The van der Waals surface area contributed by atoms with Crippen molar-refractivity contribution in [3.8, 4) is 0 Å². The van der Waals surface area contributed by atoms with E-state index < -0.39 is 0 Å². The fourth-order valence-corrected chi connectivity index (χ4v) is 5.03. The molecule has 8 heteroatoms. The highest BCUT2D eigenvalue weighted by atomic mass is 35.5. The molecule has 2 aromatic heterocycles. The van der Waals surface area contributed by atoms with Gasteiger partial charge in [0.2, 0.25) is 6.04 Å². The van der Waals surface area contributed by atoms with Crippen molar-refractivity contribution < 1.29 is 4.87 Å². The Kier molecular flexibility index (Phi) is 3.95. The van der Waals surface area contributed by atoms with E-state index in [1.165, 1.54) is 21.6 Å². The summed E-state index contributed by atoms with van der Waals surface area (Å²) in [7, 11) is 2.10. The zero-order valence-corrected chi connectivity index (χ0v) is 14.6. The van der Waals surface area contributed by atoms with Crippen molar-refractivity contribution >= 4 is 33.2 Å². The number of thiophene rings is 1. The Morgan fingerprint density at radius 2 is 2.09 bits per heavy atom. The molecule has 2 aromatic rings. The highest BCUT2D eigenvalue weighted by molar-refractivity contribution is 7.19. The Labute approximate surface area is 143 Å². The first-order valence-electron chi connectivity index (χ1n) is 7.94. The quantitative estimate of drug-likeness (QED) is 0.612. The number of hydrogen-bond acceptors (Lipinski definition) is 5. The van der Waals surface area contributed by atoms with Crippen LogP contribution >= 0.6 is 22.9 Å². The average Bonchev–Trinajstić information content (AvgIpc) is 2.93. The molecule has 1 atom stereocenters. The maximum absolute atomic E-state index is 12.7. The maximum Gasteiger partial charge on any atom is 0.239 e. The molecule has 0 radical (unpaired) electrons. The molecule has 3 heterocycles. The van der Waals surface area contributed by atoms with Crippen molar-refractivity contribution in [1.29, 1.82) is 0 Å². The Hall–Kier alpha value is -1.31. The van der Waals surface area contributed by atoms with Crippen LogP contribution in [-0.2, 0) is 12.8 Å². The molecule has 23 heavy (non-hydrogen) atoms. The fraction of sp³-hybridized carbons (Fsp3) is 0.600. The zero-order valence-electron chi connectivity index (χ0n) is 13.0. The van der Waals surface area contributed by atoms with Gasteiger partial charge in [0.25, 0.3) is 0 Å². The number of aromatic nitrogens is 2. The fourth-order valence-electron chi connectivity index (χ4n) is 3.47. The van der Waals surface area contributed by atoms with Crippen LogP contribution in [0.25, 0.3) is 10.2 Å². The van der Waals surface area contributed by atoms with Gasteiger partial charge in [0.1, 0.15) is 21.2 Å². The number of hydrazine groups is 1. The minimum absolute atomic E-state index is 0.0192. The van der Waals surface area contributed by atoms with Crippen LogP contribution in [0.15, 0.2) is 6.33 Å². The topological polar surface area (TPSA) is 52.3 Å². The lowest BCUT2D eigenvalue weighted by Gasteiger charge is -2.29. The predicted octanol–water partition coefficient (Wildman–Crippen LogP) is 2.14. The van der Waals surface area contributed by atoms with E-state index in [4.69, 9.17) is 11.6 Å². The molecule has 0 N–H and O–H groups in total. The Morgan fingerprint density at radius 1 is 1.30 bits per heavy atom. The lowest BCUT2D eigenvalue weighted by molar-refractivity contribution is -0.737. The molecule has 2 aliphatic rings. The minimum Gasteiger partial charge on any atom is -0.302 e. The first kappa shape index (κ1) is 15.2. The summed E-state index contributed by atoms with van der Waals surface area (Å²) in [4.78, 5) is 26.8. The highest BCUT2D eigenvalue weighted by Crippen LogP contribution is 2.38. The van der Waals surface area contributed by atoms with Gasteiger partial charge in [0.15, 0.2) is 0 Å². The molecular formula is C15H19ClN5OS+. The number of aryl methyl sites for hydroxylation is 1. The van der Waals surface area contributed by atoms with Gasteiger partial charge in [0.05, 0.1) is 29.8 Å². The predicted molar refractivity (Wildman–Crippen MR) is 90.9 cm³/mol. The molecule has 6 nitrogen and oxygen atoms in total. The number of rotatable bonds is 2. The van der Waals surface area contributed by atoms with Crippen LogP contribution in [0.1, 0.15) is 16.9 Å². The minimum atomic E-state index is 0.0192. The number of halogens is 1. The second kappa shape index (κ2) is 5.96. The monoisotopic (exact) mass is 352 g/mol. The normalized spacial score (nSPS) is 22.3. The largest absolute Gasteiger partial charge is 0.302 e. The molecule has 0 bridgehead atoms. The first-order valence-corrected chi connectivity index (χ1v) is 9.13. The van der Waals surface area contributed by atoms with E-state index in [0.29, 0.717) is 5.15 Å². The van der Waals surface area contributed by atoms with Crippen LogP contribution in [0.2, 0.25) is 5.15 Å². The molecule has 0 saturated carbocycles. The van der Waals surface area contributed by atoms with Crippen molar-refractivity contribution in [2.75, 3.05) is 33.2 Å². The van der Waals surface area contributed by atoms with Gasteiger partial charge in [-0.3, -0.25) is 0 Å². The van der Waals surface area contributed by atoms with Gasteiger partial charge in [-0.1, -0.05) is 11.6 Å². The summed E-state index contributed by atoms with van der Waals surface area (Å²) in [6.07, 6.45) is 4.02. The van der Waals surface area contributed by atoms with E-state index in [1.54, 1.807) is 11.3 Å². The summed E-state index contributed by atoms with van der Waals surface area (Å²) in [5, 5.41) is 3.48. The number of nitroso groups, excluding NO2 is 1. The van der Waals surface area contributed by atoms with Gasteiger partial charge in [0, 0.05) is 24.4 Å². The molecule has 1 aliphatic heterocycles. The van der Waals surface area contributed by atoms with Gasteiger partial charge < -0.3 is 4.90 Å². The first-order chi connectivity index (χ1) is 11.1. The molecule has 1 aliphatic carbocycles. The van der Waals surface area contributed by atoms with Gasteiger partial charge in [-0.15, -0.1) is 16.3 Å². The van der Waals surface area contributed by atoms with Crippen molar-refractivity contribution in [3.63, 3.8) is 0 Å². The van der Waals surface area contributed by atoms with Crippen molar-refractivity contribution in [2.24, 2.45) is 0 Å². The lowest BCUT2D eigenvalue weighted by Crippen LogP contribution is -2.51. The number of hydrogen-bond donors (Lipinski definition) is 0. The van der Waals surface area contributed by atoms with Gasteiger partial charge in [-0.25, -0.2) is 9.97 Å². The molecule has 0 aromatic carbocycles. The molecule has 0 spiro atoms. The smallest absolute Gasteiger partial charge is 0.239 e. The van der Waals surface area contributed by atoms with Gasteiger partial charge in [-0.2, -0.15) is 0 Å². The second-order valence-electron chi connectivity index (χ2n) is 6.30. The van der Waals surface area contributed by atoms with Gasteiger partial charge in [-0.05, 0) is 19.0 Å². The Bertz CT molecular complexity index is 756. The van der Waals surface area contributed by atoms with E-state index >= 15 is 0 Å². The summed E-state index contributed by atoms with van der Waals surface area (Å²) in [6, 6.07) is 0.0192. The lowest BCUT2D eigenvalue weighted by atomic mass is 9.93. The van der Waals surface area contributed by atoms with Crippen molar-refractivity contribution in [2.45, 2.75) is 25.3 Å². The van der Waals surface area contributed by atoms with E-state index in [-0.39, 0.29) is 6.04 Å². The summed E-state index contributed by atoms with van der Waals surface area (Å²) >= 11 is 7.89. The molecule has 1 fully saturated rings. The summed E-state index contributed by atoms with van der Waals surface area (Å²) < 4.78 is 0. The van der Waals surface area contributed by atoms with Crippen molar-refractivity contribution in [3.05, 3.63) is 26.8 Å². The van der Waals surface area contributed by atoms with E-state index in [0.717, 1.165) is 55.7 Å². The third-order valence-electron chi connectivity index (χ3n) is 4.84. The SMILES string of the molecule is CN1CCN([N+](=O)C2CCc3c(sc4ncnc(Cl)c34)C2)CC1. The average molecular weight is 353 g/mol. The number of likely N-dealkylation sites (N-methyl/N-ethyl adjacent to an activating group) is 1. The molecule has 1 unspecified atom stereocenters. The van der Waals surface area contributed by atoms with E-state index in [9.17, 15) is 4.91 Å². The molecule has 1 saturated heterocycles. The molecule has 0 amide bonds. The summed E-state index contributed by atoms with van der Waals surface area (Å²) in [6.45, 7) is 3.52. The van der Waals surface area contributed by atoms with Crippen LogP contribution in [0.4, 0.5) is 0 Å². The molecule has 122 valence electrons. The highest BCUT2D eigenvalue weighted by Gasteiger charge is 2.38. The van der Waals surface area contributed by atoms with Crippen LogP contribution in [0, 0.1) is 4.91 Å². The van der Waals surface area contributed by atoms with E-state index in [1.807, 2.05) is 5.01 Å². The van der Waals surface area contributed by atoms with Crippen LogP contribution in [-0.4, -0.2) is 64.0 Å². The summed E-state index contributed by atoms with van der Waals surface area (Å²) in [5.74, 6) is 0. The summed E-state index contributed by atoms with van der Waals surface area (Å²) in [5.41, 5.74) is 1.25.